The summed E-state index contributed by atoms with van der Waals surface area (Å²) in [5.74, 6) is 0.0596. The molecule has 0 fully saturated rings. The van der Waals surface area contributed by atoms with Crippen molar-refractivity contribution in [3.8, 4) is 5.75 Å². The minimum atomic E-state index is -3.54. The highest BCUT2D eigenvalue weighted by molar-refractivity contribution is 8.13. The van der Waals surface area contributed by atoms with E-state index in [1.54, 1.807) is 24.3 Å². The molecule has 0 aliphatic heterocycles. The van der Waals surface area contributed by atoms with E-state index in [0.29, 0.717) is 17.7 Å². The van der Waals surface area contributed by atoms with Crippen molar-refractivity contribution in [3.05, 3.63) is 29.8 Å². The Morgan fingerprint density at radius 2 is 2.00 bits per heavy atom. The third-order valence-electron chi connectivity index (χ3n) is 2.75. The van der Waals surface area contributed by atoms with Crippen molar-refractivity contribution in [2.45, 2.75) is 20.3 Å². The molecule has 0 amide bonds. The van der Waals surface area contributed by atoms with Gasteiger partial charge in [-0.05, 0) is 25.5 Å². The van der Waals surface area contributed by atoms with Crippen molar-refractivity contribution in [2.75, 3.05) is 12.4 Å². The highest BCUT2D eigenvalue weighted by Crippen LogP contribution is 2.20. The summed E-state index contributed by atoms with van der Waals surface area (Å²) in [7, 11) is 1.69. The molecule has 0 radical (unpaired) electrons. The molecule has 0 aliphatic rings. The lowest BCUT2D eigenvalue weighted by Crippen LogP contribution is -2.19. The number of benzene rings is 1. The van der Waals surface area contributed by atoms with Crippen LogP contribution in [0.4, 0.5) is 0 Å². The van der Waals surface area contributed by atoms with Gasteiger partial charge in [0.1, 0.15) is 5.75 Å². The van der Waals surface area contributed by atoms with E-state index < -0.39 is 9.05 Å². The van der Waals surface area contributed by atoms with Crippen LogP contribution in [0.15, 0.2) is 24.3 Å². The molecule has 0 spiro atoms. The molecule has 0 aliphatic carbocycles. The first kappa shape index (κ1) is 16.0. The van der Waals surface area contributed by atoms with Crippen molar-refractivity contribution in [2.24, 2.45) is 5.92 Å². The molecule has 1 aromatic carbocycles. The SMILES string of the molecule is CCC(COc1ccccc1C(C)=O)CS(=O)(=O)Cl. The first-order chi connectivity index (χ1) is 8.83. The molecule has 106 valence electrons. The number of ether oxygens (including phenoxy) is 1. The second-order valence-corrected chi connectivity index (χ2v) is 7.16. The van der Waals surface area contributed by atoms with Crippen molar-refractivity contribution >= 4 is 25.5 Å². The summed E-state index contributed by atoms with van der Waals surface area (Å²) in [6.45, 7) is 3.54. The zero-order valence-electron chi connectivity index (χ0n) is 10.9. The smallest absolute Gasteiger partial charge is 0.232 e. The van der Waals surface area contributed by atoms with Gasteiger partial charge in [0, 0.05) is 16.6 Å². The maximum absolute atomic E-state index is 11.4. The van der Waals surface area contributed by atoms with Gasteiger partial charge in [-0.3, -0.25) is 4.79 Å². The maximum Gasteiger partial charge on any atom is 0.232 e. The van der Waals surface area contributed by atoms with E-state index in [1.165, 1.54) is 6.92 Å². The number of Topliss-reactive ketones (excluding diaryl/α,β-unsaturated/α-hetero) is 1. The van der Waals surface area contributed by atoms with Gasteiger partial charge in [-0.15, -0.1) is 0 Å². The first-order valence-corrected chi connectivity index (χ1v) is 8.46. The molecule has 0 N–H and O–H groups in total. The van der Waals surface area contributed by atoms with Crippen molar-refractivity contribution < 1.29 is 17.9 Å². The molecule has 4 nitrogen and oxygen atoms in total. The molecule has 19 heavy (non-hydrogen) atoms. The van der Waals surface area contributed by atoms with Gasteiger partial charge in [-0.2, -0.15) is 0 Å². The van der Waals surface area contributed by atoms with Crippen LogP contribution in [-0.4, -0.2) is 26.6 Å². The van der Waals surface area contributed by atoms with Gasteiger partial charge in [0.2, 0.25) is 9.05 Å². The Labute approximate surface area is 118 Å². The monoisotopic (exact) mass is 304 g/mol. The van der Waals surface area contributed by atoms with E-state index in [2.05, 4.69) is 0 Å². The lowest BCUT2D eigenvalue weighted by molar-refractivity contribution is 0.101. The van der Waals surface area contributed by atoms with Crippen molar-refractivity contribution in [3.63, 3.8) is 0 Å². The van der Waals surface area contributed by atoms with Gasteiger partial charge in [0.25, 0.3) is 0 Å². The van der Waals surface area contributed by atoms with E-state index in [9.17, 15) is 13.2 Å². The minimum Gasteiger partial charge on any atom is -0.493 e. The summed E-state index contributed by atoms with van der Waals surface area (Å²) in [6, 6.07) is 6.89. The van der Waals surface area contributed by atoms with Crippen LogP contribution in [-0.2, 0) is 9.05 Å². The Bertz CT molecular complexity index is 539. The molecule has 1 rings (SSSR count). The normalized spacial score (nSPS) is 13.0. The number of halogens is 1. The maximum atomic E-state index is 11.4. The predicted octanol–water partition coefficient (Wildman–Crippen LogP) is 2.86. The van der Waals surface area contributed by atoms with Gasteiger partial charge >= 0.3 is 0 Å². The quantitative estimate of drug-likeness (QED) is 0.574. The van der Waals surface area contributed by atoms with E-state index in [0.717, 1.165) is 0 Å². The molecular weight excluding hydrogens is 288 g/mol. The lowest BCUT2D eigenvalue weighted by atomic mass is 10.1. The van der Waals surface area contributed by atoms with Crippen molar-refractivity contribution in [1.29, 1.82) is 0 Å². The van der Waals surface area contributed by atoms with Crippen LogP contribution >= 0.6 is 10.7 Å². The topological polar surface area (TPSA) is 60.4 Å². The van der Waals surface area contributed by atoms with E-state index in [1.807, 2.05) is 6.92 Å². The molecule has 0 saturated carbocycles. The van der Waals surface area contributed by atoms with Crippen LogP contribution in [0.5, 0.6) is 5.75 Å². The zero-order valence-corrected chi connectivity index (χ0v) is 12.5. The second kappa shape index (κ2) is 6.91. The number of hydrogen-bond donors (Lipinski definition) is 0. The highest BCUT2D eigenvalue weighted by atomic mass is 35.7. The molecule has 1 unspecified atom stereocenters. The van der Waals surface area contributed by atoms with Crippen LogP contribution in [0.3, 0.4) is 0 Å². The number of carbonyl (C=O) groups is 1. The molecular formula is C13H17ClO4S. The number of ketones is 1. The molecule has 6 heteroatoms. The summed E-state index contributed by atoms with van der Waals surface area (Å²) >= 11 is 0. The van der Waals surface area contributed by atoms with Crippen LogP contribution < -0.4 is 4.74 Å². The van der Waals surface area contributed by atoms with Gasteiger partial charge in [0.15, 0.2) is 5.78 Å². The zero-order chi connectivity index (χ0) is 14.5. The Morgan fingerprint density at radius 1 is 1.37 bits per heavy atom. The third-order valence-corrected chi connectivity index (χ3v) is 4.00. The Kier molecular flexibility index (Phi) is 5.82. The molecule has 1 atom stereocenters. The minimum absolute atomic E-state index is 0.0892. The summed E-state index contributed by atoms with van der Waals surface area (Å²) in [6.07, 6.45) is 0.633. The van der Waals surface area contributed by atoms with Crippen LogP contribution in [0, 0.1) is 5.92 Å². The average molecular weight is 305 g/mol. The van der Waals surface area contributed by atoms with Gasteiger partial charge in [0.05, 0.1) is 17.9 Å². The van der Waals surface area contributed by atoms with Crippen LogP contribution in [0.2, 0.25) is 0 Å². The molecule has 1 aromatic rings. The number of para-hydroxylation sites is 1. The molecule has 0 heterocycles. The predicted molar refractivity (Wildman–Crippen MR) is 75.4 cm³/mol. The molecule has 0 aromatic heterocycles. The van der Waals surface area contributed by atoms with E-state index >= 15 is 0 Å². The Hall–Kier alpha value is -1.07. The first-order valence-electron chi connectivity index (χ1n) is 5.98. The molecule has 0 saturated heterocycles. The number of rotatable bonds is 7. The Morgan fingerprint density at radius 3 is 2.53 bits per heavy atom. The summed E-state index contributed by atoms with van der Waals surface area (Å²) in [4.78, 5) is 11.4. The van der Waals surface area contributed by atoms with Gasteiger partial charge in [-0.25, -0.2) is 8.42 Å². The van der Waals surface area contributed by atoms with Crippen LogP contribution in [0.25, 0.3) is 0 Å². The van der Waals surface area contributed by atoms with Crippen LogP contribution in [0.1, 0.15) is 30.6 Å². The number of carbonyl (C=O) groups excluding carboxylic acids is 1. The van der Waals surface area contributed by atoms with E-state index in [-0.39, 0.29) is 24.1 Å². The standard InChI is InChI=1S/C13H17ClO4S/c1-3-11(9-19(14,16)17)8-18-13-7-5-4-6-12(13)10(2)15/h4-7,11H,3,8-9H2,1-2H3. The van der Waals surface area contributed by atoms with Gasteiger partial charge in [-0.1, -0.05) is 19.1 Å². The molecule has 0 bridgehead atoms. The summed E-state index contributed by atoms with van der Waals surface area (Å²) < 4.78 is 27.6. The van der Waals surface area contributed by atoms with E-state index in [4.69, 9.17) is 15.4 Å². The number of hydrogen-bond acceptors (Lipinski definition) is 4. The average Bonchev–Trinajstić information content (AvgIpc) is 2.33. The summed E-state index contributed by atoms with van der Waals surface area (Å²) in [5.41, 5.74) is 0.492. The summed E-state index contributed by atoms with van der Waals surface area (Å²) in [5, 5.41) is 0. The highest BCUT2D eigenvalue weighted by Gasteiger charge is 2.17. The second-order valence-electron chi connectivity index (χ2n) is 4.34. The van der Waals surface area contributed by atoms with Crippen molar-refractivity contribution in [1.82, 2.24) is 0 Å². The largest absolute Gasteiger partial charge is 0.493 e. The fraction of sp³-hybridized carbons (Fsp3) is 0.462. The third kappa shape index (κ3) is 5.61. The fourth-order valence-corrected chi connectivity index (χ4v) is 3.09. The fourth-order valence-electron chi connectivity index (χ4n) is 1.66. The van der Waals surface area contributed by atoms with Gasteiger partial charge < -0.3 is 4.74 Å². The Balaban J connectivity index is 2.73. The lowest BCUT2D eigenvalue weighted by Gasteiger charge is -2.15.